The molecule has 0 aromatic heterocycles. The third kappa shape index (κ3) is 2.35. The summed E-state index contributed by atoms with van der Waals surface area (Å²) in [5.41, 5.74) is 0.0964. The van der Waals surface area contributed by atoms with Gasteiger partial charge in [0.25, 0.3) is 0 Å². The van der Waals surface area contributed by atoms with E-state index in [1.54, 1.807) is 0 Å². The average Bonchev–Trinajstić information content (AvgIpc) is 3.12. The summed E-state index contributed by atoms with van der Waals surface area (Å²) < 4.78 is 11.6. The summed E-state index contributed by atoms with van der Waals surface area (Å²) in [6.07, 6.45) is 6.00. The number of hydrogen-bond acceptors (Lipinski definition) is 4. The second-order valence-electron chi connectivity index (χ2n) is 11.5. The summed E-state index contributed by atoms with van der Waals surface area (Å²) in [5.74, 6) is -0.0576. The van der Waals surface area contributed by atoms with Crippen LogP contribution in [0.15, 0.2) is 12.2 Å². The van der Waals surface area contributed by atoms with Gasteiger partial charge in [-0.15, -0.1) is 0 Å². The molecule has 0 aromatic carbocycles. The van der Waals surface area contributed by atoms with Gasteiger partial charge in [0.15, 0.2) is 0 Å². The predicted molar refractivity (Wildman–Crippen MR) is 107 cm³/mol. The number of esters is 2. The first kappa shape index (κ1) is 20.0. The molecule has 0 heterocycles. The van der Waals surface area contributed by atoms with Crippen molar-refractivity contribution < 1.29 is 19.1 Å². The van der Waals surface area contributed by atoms with Crippen LogP contribution in [-0.2, 0) is 19.1 Å². The van der Waals surface area contributed by atoms with Gasteiger partial charge in [0, 0.05) is 10.8 Å². The first-order valence-corrected chi connectivity index (χ1v) is 11.0. The largest absolute Gasteiger partial charge is 0.458 e. The fraction of sp³-hybridized carbons (Fsp3) is 0.833. The Balaban J connectivity index is 1.39. The summed E-state index contributed by atoms with van der Waals surface area (Å²) in [6.45, 7) is 17.3. The lowest BCUT2D eigenvalue weighted by Gasteiger charge is -2.39. The van der Waals surface area contributed by atoms with Gasteiger partial charge in [-0.05, 0) is 61.2 Å². The lowest BCUT2D eigenvalue weighted by atomic mass is 9.70. The third-order valence-electron chi connectivity index (χ3n) is 10.4. The van der Waals surface area contributed by atoms with Gasteiger partial charge >= 0.3 is 11.9 Å². The molecule has 4 saturated carbocycles. The number of fused-ring (bicyclic) bond motifs is 4. The first-order valence-electron chi connectivity index (χ1n) is 11.0. The Labute approximate surface area is 169 Å². The zero-order valence-electron chi connectivity index (χ0n) is 18.4. The second kappa shape index (κ2) is 5.86. The van der Waals surface area contributed by atoms with Crippen molar-refractivity contribution in [2.75, 3.05) is 0 Å². The van der Waals surface area contributed by atoms with Crippen molar-refractivity contribution in [3.63, 3.8) is 0 Å². The molecule has 0 N–H and O–H groups in total. The normalized spacial score (nSPS) is 44.5. The Morgan fingerprint density at radius 3 is 1.36 bits per heavy atom. The van der Waals surface area contributed by atoms with Crippen molar-refractivity contribution in [1.82, 2.24) is 0 Å². The molecule has 4 fully saturated rings. The van der Waals surface area contributed by atoms with Gasteiger partial charge in [-0.25, -0.2) is 9.59 Å². The smallest absolute Gasteiger partial charge is 0.345 e. The van der Waals surface area contributed by atoms with Crippen LogP contribution >= 0.6 is 0 Å². The molecular formula is C24H36O4. The third-order valence-corrected chi connectivity index (χ3v) is 10.4. The molecule has 4 bridgehead atoms. The van der Waals surface area contributed by atoms with E-state index >= 15 is 0 Å². The Morgan fingerprint density at radius 1 is 0.750 bits per heavy atom. The van der Waals surface area contributed by atoms with Crippen LogP contribution in [0.2, 0.25) is 0 Å². The van der Waals surface area contributed by atoms with E-state index in [0.29, 0.717) is 11.8 Å². The average molecular weight is 389 g/mol. The molecule has 4 heteroatoms. The molecule has 156 valence electrons. The highest BCUT2D eigenvalue weighted by Gasteiger charge is 2.64. The van der Waals surface area contributed by atoms with Gasteiger partial charge in [0.1, 0.15) is 17.8 Å². The topological polar surface area (TPSA) is 52.6 Å². The van der Waals surface area contributed by atoms with E-state index in [1.807, 2.05) is 0 Å². The Morgan fingerprint density at radius 2 is 1.11 bits per heavy atom. The number of hydrogen-bond donors (Lipinski definition) is 0. The van der Waals surface area contributed by atoms with E-state index < -0.39 is 11.9 Å². The Bertz CT molecular complexity index is 675. The molecule has 4 rings (SSSR count). The van der Waals surface area contributed by atoms with E-state index in [0.717, 1.165) is 25.7 Å². The van der Waals surface area contributed by atoms with Gasteiger partial charge in [-0.1, -0.05) is 48.1 Å². The molecule has 0 spiro atoms. The molecule has 4 aliphatic carbocycles. The molecule has 6 unspecified atom stereocenters. The lowest BCUT2D eigenvalue weighted by molar-refractivity contribution is -0.160. The second-order valence-corrected chi connectivity index (χ2v) is 11.5. The van der Waals surface area contributed by atoms with Crippen molar-refractivity contribution >= 4 is 11.9 Å². The van der Waals surface area contributed by atoms with Crippen molar-refractivity contribution in [3.8, 4) is 0 Å². The SMILES string of the molecule is C=C(C(=O)OC1CC2CCC1(C)C2(C)C)C(=O)OC1CC2CCC1(C)C2(C)C. The van der Waals surface area contributed by atoms with Crippen LogP contribution in [0.5, 0.6) is 0 Å². The van der Waals surface area contributed by atoms with Gasteiger partial charge in [-0.3, -0.25) is 0 Å². The van der Waals surface area contributed by atoms with Crippen LogP contribution in [0.4, 0.5) is 0 Å². The van der Waals surface area contributed by atoms with Gasteiger partial charge in [0.2, 0.25) is 0 Å². The maximum Gasteiger partial charge on any atom is 0.345 e. The number of carbonyl (C=O) groups excluding carboxylic acids is 2. The fourth-order valence-corrected chi connectivity index (χ4v) is 7.10. The van der Waals surface area contributed by atoms with Crippen LogP contribution in [0.3, 0.4) is 0 Å². The maximum atomic E-state index is 12.7. The summed E-state index contributed by atoms with van der Waals surface area (Å²) in [7, 11) is 0. The minimum Gasteiger partial charge on any atom is -0.458 e. The highest BCUT2D eigenvalue weighted by molar-refractivity contribution is 6.13. The first-order chi connectivity index (χ1) is 12.8. The van der Waals surface area contributed by atoms with E-state index in [-0.39, 0.29) is 39.4 Å². The minimum absolute atomic E-state index is 0.0282. The van der Waals surface area contributed by atoms with E-state index in [9.17, 15) is 9.59 Å². The molecule has 6 atom stereocenters. The van der Waals surface area contributed by atoms with Crippen molar-refractivity contribution in [3.05, 3.63) is 12.2 Å². The van der Waals surface area contributed by atoms with E-state index in [4.69, 9.17) is 9.47 Å². The summed E-state index contributed by atoms with van der Waals surface area (Å²) in [5, 5.41) is 0. The number of ether oxygens (including phenoxy) is 2. The quantitative estimate of drug-likeness (QED) is 0.292. The lowest BCUT2D eigenvalue weighted by Crippen LogP contribution is -2.40. The molecule has 4 nitrogen and oxygen atoms in total. The molecule has 4 aliphatic rings. The highest BCUT2D eigenvalue weighted by atomic mass is 16.6. The molecule has 0 saturated heterocycles. The van der Waals surface area contributed by atoms with Crippen LogP contribution in [-0.4, -0.2) is 24.1 Å². The monoisotopic (exact) mass is 388 g/mol. The van der Waals surface area contributed by atoms with Gasteiger partial charge < -0.3 is 9.47 Å². The Hall–Kier alpha value is -1.32. The van der Waals surface area contributed by atoms with Crippen molar-refractivity contribution in [2.24, 2.45) is 33.5 Å². The van der Waals surface area contributed by atoms with Crippen molar-refractivity contribution in [1.29, 1.82) is 0 Å². The van der Waals surface area contributed by atoms with E-state index in [2.05, 4.69) is 48.1 Å². The molecule has 0 aliphatic heterocycles. The number of carbonyl (C=O) groups is 2. The zero-order valence-corrected chi connectivity index (χ0v) is 18.4. The summed E-state index contributed by atoms with van der Waals surface area (Å²) >= 11 is 0. The van der Waals surface area contributed by atoms with Gasteiger partial charge in [0.05, 0.1) is 0 Å². The van der Waals surface area contributed by atoms with E-state index in [1.165, 1.54) is 12.8 Å². The fourth-order valence-electron chi connectivity index (χ4n) is 7.10. The van der Waals surface area contributed by atoms with Crippen LogP contribution in [0.25, 0.3) is 0 Å². The van der Waals surface area contributed by atoms with Crippen LogP contribution < -0.4 is 0 Å². The summed E-state index contributed by atoms with van der Waals surface area (Å²) in [6, 6.07) is 0. The maximum absolute atomic E-state index is 12.7. The minimum atomic E-state index is -0.604. The molecule has 0 aromatic rings. The van der Waals surface area contributed by atoms with Crippen molar-refractivity contribution in [2.45, 2.75) is 92.3 Å². The molecular weight excluding hydrogens is 352 g/mol. The van der Waals surface area contributed by atoms with Crippen LogP contribution in [0, 0.1) is 33.5 Å². The Kier molecular flexibility index (Phi) is 4.18. The zero-order chi connectivity index (χ0) is 20.7. The number of rotatable bonds is 4. The predicted octanol–water partition coefficient (Wildman–Crippen LogP) is 5.06. The van der Waals surface area contributed by atoms with Crippen LogP contribution in [0.1, 0.15) is 80.1 Å². The molecule has 28 heavy (non-hydrogen) atoms. The molecule has 0 radical (unpaired) electrons. The van der Waals surface area contributed by atoms with Gasteiger partial charge in [-0.2, -0.15) is 0 Å². The summed E-state index contributed by atoms with van der Waals surface area (Å²) in [4.78, 5) is 25.4. The molecule has 0 amide bonds. The standard InChI is InChI=1S/C24H36O4/c1-14(19(25)27-17-12-15-8-10-23(17,6)21(15,2)3)20(26)28-18-13-16-9-11-24(18,7)22(16,4)5/h15-18H,1,8-13H2,2-7H3. The highest BCUT2D eigenvalue weighted by Crippen LogP contribution is 2.67.